The van der Waals surface area contributed by atoms with Gasteiger partial charge in [0.15, 0.2) is 0 Å². The number of hydrogen-bond donors (Lipinski definition) is 0. The normalized spacial score (nSPS) is 10.7. The van der Waals surface area contributed by atoms with Gasteiger partial charge in [0.2, 0.25) is 0 Å². The Hall–Kier alpha value is -2.78. The van der Waals surface area contributed by atoms with E-state index in [1.807, 2.05) is 25.1 Å². The highest BCUT2D eigenvalue weighted by atomic mass is 79.9. The summed E-state index contributed by atoms with van der Waals surface area (Å²) >= 11 is 3.48. The minimum Gasteiger partial charge on any atom is -0.233 e. The largest absolute Gasteiger partial charge is 0.233 e. The summed E-state index contributed by atoms with van der Waals surface area (Å²) in [6.45, 7) is 1.94. The van der Waals surface area contributed by atoms with Gasteiger partial charge in [-0.15, -0.1) is 0 Å². The summed E-state index contributed by atoms with van der Waals surface area (Å²) in [7, 11) is 0. The van der Waals surface area contributed by atoms with Crippen LogP contribution in [-0.4, -0.2) is 9.97 Å². The van der Waals surface area contributed by atoms with Crippen LogP contribution in [0.1, 0.15) is 5.82 Å². The Morgan fingerprint density at radius 1 is 0.577 bits per heavy atom. The molecule has 0 saturated heterocycles. The monoisotopic (exact) mass is 400 g/mol. The fourth-order valence-corrected chi connectivity index (χ4v) is 3.24. The molecule has 0 amide bonds. The van der Waals surface area contributed by atoms with Gasteiger partial charge in [-0.25, -0.2) is 9.97 Å². The zero-order valence-electron chi connectivity index (χ0n) is 14.4. The molecular formula is C23H17BrN2. The van der Waals surface area contributed by atoms with Gasteiger partial charge in [0, 0.05) is 15.6 Å². The molecule has 0 spiro atoms. The first-order valence-corrected chi connectivity index (χ1v) is 9.26. The minimum atomic E-state index is 0.769. The van der Waals surface area contributed by atoms with Gasteiger partial charge in [-0.3, -0.25) is 0 Å². The maximum atomic E-state index is 4.66. The van der Waals surface area contributed by atoms with Crippen molar-refractivity contribution in [2.24, 2.45) is 0 Å². The van der Waals surface area contributed by atoms with Gasteiger partial charge < -0.3 is 0 Å². The molecule has 126 valence electrons. The number of hydrogen-bond acceptors (Lipinski definition) is 2. The van der Waals surface area contributed by atoms with Crippen molar-refractivity contribution >= 4 is 15.9 Å². The van der Waals surface area contributed by atoms with Crippen molar-refractivity contribution in [1.82, 2.24) is 9.97 Å². The van der Waals surface area contributed by atoms with Crippen molar-refractivity contribution < 1.29 is 0 Å². The lowest BCUT2D eigenvalue weighted by atomic mass is 10.0. The second-order valence-electron chi connectivity index (χ2n) is 6.14. The molecule has 0 aliphatic rings. The lowest BCUT2D eigenvalue weighted by Gasteiger charge is -2.09. The van der Waals surface area contributed by atoms with E-state index in [2.05, 4.69) is 92.6 Å². The van der Waals surface area contributed by atoms with E-state index >= 15 is 0 Å². The molecule has 4 rings (SSSR count). The van der Waals surface area contributed by atoms with E-state index in [0.29, 0.717) is 0 Å². The Morgan fingerprint density at radius 2 is 1.19 bits per heavy atom. The molecule has 3 aromatic carbocycles. The van der Waals surface area contributed by atoms with Crippen molar-refractivity contribution in [2.75, 3.05) is 0 Å². The molecule has 0 radical (unpaired) electrons. The summed E-state index contributed by atoms with van der Waals surface area (Å²) in [6.07, 6.45) is 0. The van der Waals surface area contributed by atoms with Crippen LogP contribution in [0.4, 0.5) is 0 Å². The number of benzene rings is 3. The quantitative estimate of drug-likeness (QED) is 0.389. The molecule has 0 saturated carbocycles. The highest BCUT2D eigenvalue weighted by Crippen LogP contribution is 2.28. The highest BCUT2D eigenvalue weighted by molar-refractivity contribution is 9.10. The average Bonchev–Trinajstić information content (AvgIpc) is 2.69. The van der Waals surface area contributed by atoms with Crippen molar-refractivity contribution in [2.45, 2.75) is 6.92 Å². The van der Waals surface area contributed by atoms with Crippen molar-refractivity contribution in [1.29, 1.82) is 0 Å². The molecule has 0 atom stereocenters. The summed E-state index contributed by atoms with van der Waals surface area (Å²) in [5, 5.41) is 0. The van der Waals surface area contributed by atoms with E-state index in [4.69, 9.17) is 0 Å². The fraction of sp³-hybridized carbons (Fsp3) is 0.0435. The minimum absolute atomic E-state index is 0.769. The molecule has 0 fully saturated rings. The maximum absolute atomic E-state index is 4.66. The molecule has 26 heavy (non-hydrogen) atoms. The van der Waals surface area contributed by atoms with Crippen molar-refractivity contribution in [3.63, 3.8) is 0 Å². The summed E-state index contributed by atoms with van der Waals surface area (Å²) < 4.78 is 1.06. The van der Waals surface area contributed by atoms with Crippen LogP contribution in [0.2, 0.25) is 0 Å². The summed E-state index contributed by atoms with van der Waals surface area (Å²) in [4.78, 5) is 9.27. The molecule has 0 bridgehead atoms. The van der Waals surface area contributed by atoms with Crippen LogP contribution in [0.25, 0.3) is 33.6 Å². The SMILES string of the molecule is Cc1nc(-c2ccc(Br)cc2)cc(-c2cccc(-c3ccccc3)c2)n1. The van der Waals surface area contributed by atoms with E-state index < -0.39 is 0 Å². The predicted molar refractivity (Wildman–Crippen MR) is 111 cm³/mol. The van der Waals surface area contributed by atoms with Crippen molar-refractivity contribution in [3.8, 4) is 33.6 Å². The fourth-order valence-electron chi connectivity index (χ4n) is 2.97. The summed E-state index contributed by atoms with van der Waals surface area (Å²) in [5.41, 5.74) is 6.44. The summed E-state index contributed by atoms with van der Waals surface area (Å²) in [5.74, 6) is 0.769. The highest BCUT2D eigenvalue weighted by Gasteiger charge is 2.08. The van der Waals surface area contributed by atoms with Gasteiger partial charge in [0.1, 0.15) is 5.82 Å². The van der Waals surface area contributed by atoms with E-state index in [0.717, 1.165) is 32.8 Å². The standard InChI is InChI=1S/C23H17BrN2/c1-16-25-22(18-10-12-21(24)13-11-18)15-23(26-16)20-9-5-8-19(14-20)17-6-3-2-4-7-17/h2-15H,1H3. The predicted octanol–water partition coefficient (Wildman–Crippen LogP) is 6.55. The third-order valence-electron chi connectivity index (χ3n) is 4.24. The Kier molecular flexibility index (Phi) is 4.63. The first kappa shape index (κ1) is 16.7. The topological polar surface area (TPSA) is 25.8 Å². The molecule has 4 aromatic rings. The van der Waals surface area contributed by atoms with Crippen LogP contribution in [0.5, 0.6) is 0 Å². The van der Waals surface area contributed by atoms with Gasteiger partial charge in [-0.05, 0) is 42.3 Å². The van der Waals surface area contributed by atoms with E-state index in [-0.39, 0.29) is 0 Å². The number of halogens is 1. The molecule has 3 heteroatoms. The Balaban J connectivity index is 1.78. The molecule has 2 nitrogen and oxygen atoms in total. The van der Waals surface area contributed by atoms with Crippen LogP contribution < -0.4 is 0 Å². The zero-order valence-corrected chi connectivity index (χ0v) is 15.9. The lowest BCUT2D eigenvalue weighted by Crippen LogP contribution is -1.95. The van der Waals surface area contributed by atoms with Gasteiger partial charge in [-0.1, -0.05) is 76.6 Å². The number of rotatable bonds is 3. The van der Waals surface area contributed by atoms with Gasteiger partial charge in [0.05, 0.1) is 11.4 Å². The molecule has 1 aromatic heterocycles. The first-order chi connectivity index (χ1) is 12.7. The van der Waals surface area contributed by atoms with E-state index in [1.165, 1.54) is 11.1 Å². The van der Waals surface area contributed by atoms with Crippen LogP contribution >= 0.6 is 15.9 Å². The van der Waals surface area contributed by atoms with Gasteiger partial charge in [0.25, 0.3) is 0 Å². The Labute approximate surface area is 161 Å². The number of aryl methyl sites for hydroxylation is 1. The van der Waals surface area contributed by atoms with Crippen LogP contribution in [-0.2, 0) is 0 Å². The Morgan fingerprint density at radius 3 is 1.92 bits per heavy atom. The Bertz CT molecular complexity index is 1040. The molecule has 0 aliphatic carbocycles. The van der Waals surface area contributed by atoms with Gasteiger partial charge >= 0.3 is 0 Å². The number of nitrogens with zero attached hydrogens (tertiary/aromatic N) is 2. The summed E-state index contributed by atoms with van der Waals surface area (Å²) in [6, 6.07) is 29.1. The smallest absolute Gasteiger partial charge is 0.126 e. The van der Waals surface area contributed by atoms with Crippen molar-refractivity contribution in [3.05, 3.63) is 95.2 Å². The third kappa shape index (κ3) is 3.58. The maximum Gasteiger partial charge on any atom is 0.126 e. The second kappa shape index (κ2) is 7.22. The lowest BCUT2D eigenvalue weighted by molar-refractivity contribution is 1.06. The van der Waals surface area contributed by atoms with Crippen LogP contribution in [0.15, 0.2) is 89.4 Å². The third-order valence-corrected chi connectivity index (χ3v) is 4.77. The number of aromatic nitrogens is 2. The average molecular weight is 401 g/mol. The first-order valence-electron chi connectivity index (χ1n) is 8.46. The van der Waals surface area contributed by atoms with E-state index in [9.17, 15) is 0 Å². The molecule has 0 unspecified atom stereocenters. The molecule has 1 heterocycles. The van der Waals surface area contributed by atoms with E-state index in [1.54, 1.807) is 0 Å². The van der Waals surface area contributed by atoms with Gasteiger partial charge in [-0.2, -0.15) is 0 Å². The molecule has 0 N–H and O–H groups in total. The van der Waals surface area contributed by atoms with Crippen LogP contribution in [0.3, 0.4) is 0 Å². The molecular weight excluding hydrogens is 384 g/mol. The van der Waals surface area contributed by atoms with Crippen LogP contribution in [0, 0.1) is 6.92 Å². The molecule has 0 aliphatic heterocycles. The zero-order chi connectivity index (χ0) is 17.9. The second-order valence-corrected chi connectivity index (χ2v) is 7.06.